The highest BCUT2D eigenvalue weighted by Gasteiger charge is 2.47. The summed E-state index contributed by atoms with van der Waals surface area (Å²) in [6.45, 7) is 7.05. The molecule has 1 saturated heterocycles. The van der Waals surface area contributed by atoms with Gasteiger partial charge in [-0.2, -0.15) is 11.8 Å². The lowest BCUT2D eigenvalue weighted by Crippen LogP contribution is -2.43. The Morgan fingerprint density at radius 1 is 1.63 bits per heavy atom. The summed E-state index contributed by atoms with van der Waals surface area (Å²) in [6.07, 6.45) is 2.95. The van der Waals surface area contributed by atoms with Crippen molar-refractivity contribution in [3.63, 3.8) is 0 Å². The molecule has 1 N–H and O–H groups in total. The van der Waals surface area contributed by atoms with E-state index in [0.29, 0.717) is 5.25 Å². The quantitative estimate of drug-likeness (QED) is 0.906. The fraction of sp³-hybridized carbons (Fsp3) is 0.643. The fourth-order valence-corrected chi connectivity index (χ4v) is 3.44. The van der Waals surface area contributed by atoms with Gasteiger partial charge in [-0.3, -0.25) is 10.1 Å². The molecule has 3 nitrogen and oxygen atoms in total. The minimum atomic E-state index is -0.424. The van der Waals surface area contributed by atoms with Crippen LogP contribution < -0.4 is 5.32 Å². The molecular formula is C14H22N2OS2. The van der Waals surface area contributed by atoms with Crippen molar-refractivity contribution in [1.29, 1.82) is 0 Å². The molecule has 0 spiro atoms. The van der Waals surface area contributed by atoms with Gasteiger partial charge in [0.1, 0.15) is 6.17 Å². The van der Waals surface area contributed by atoms with Crippen LogP contribution in [0.15, 0.2) is 17.5 Å². The summed E-state index contributed by atoms with van der Waals surface area (Å²) in [5, 5.41) is 6.05. The molecule has 1 aliphatic rings. The van der Waals surface area contributed by atoms with E-state index in [1.165, 1.54) is 4.88 Å². The molecule has 1 amide bonds. The highest BCUT2D eigenvalue weighted by Crippen LogP contribution is 2.35. The number of nitrogens with zero attached hydrogens (tertiary/aromatic N) is 1. The van der Waals surface area contributed by atoms with Gasteiger partial charge >= 0.3 is 0 Å². The molecule has 0 aromatic carbocycles. The molecule has 1 fully saturated rings. The van der Waals surface area contributed by atoms with Crippen LogP contribution in [0.1, 0.15) is 38.2 Å². The molecule has 0 aliphatic carbocycles. The summed E-state index contributed by atoms with van der Waals surface area (Å²) in [5.74, 6) is 0.231. The average Bonchev–Trinajstić information content (AvgIpc) is 3.01. The van der Waals surface area contributed by atoms with Crippen LogP contribution in [0.4, 0.5) is 0 Å². The van der Waals surface area contributed by atoms with E-state index in [9.17, 15) is 4.79 Å². The Morgan fingerprint density at radius 3 is 2.89 bits per heavy atom. The monoisotopic (exact) mass is 298 g/mol. The summed E-state index contributed by atoms with van der Waals surface area (Å²) in [4.78, 5) is 15.9. The maximum atomic E-state index is 12.7. The lowest BCUT2D eigenvalue weighted by atomic mass is 9.99. The van der Waals surface area contributed by atoms with Gasteiger partial charge in [0.2, 0.25) is 5.91 Å². The SMILES string of the molecule is CCC1(C)NC(c2cccs2)N(CC(C)SC)C1=O. The van der Waals surface area contributed by atoms with E-state index in [1.807, 2.05) is 17.9 Å². The smallest absolute Gasteiger partial charge is 0.244 e. The van der Waals surface area contributed by atoms with Gasteiger partial charge in [0.25, 0.3) is 0 Å². The number of carbonyl (C=O) groups excluding carboxylic acids is 1. The van der Waals surface area contributed by atoms with Gasteiger partial charge in [-0.1, -0.05) is 19.9 Å². The fourth-order valence-electron chi connectivity index (χ4n) is 2.34. The molecule has 1 aromatic heterocycles. The van der Waals surface area contributed by atoms with Crippen LogP contribution in [-0.2, 0) is 4.79 Å². The van der Waals surface area contributed by atoms with Crippen LogP contribution >= 0.6 is 23.1 Å². The van der Waals surface area contributed by atoms with Crippen LogP contribution in [0.5, 0.6) is 0 Å². The summed E-state index contributed by atoms with van der Waals surface area (Å²) in [5.41, 5.74) is -0.424. The van der Waals surface area contributed by atoms with E-state index >= 15 is 0 Å². The van der Waals surface area contributed by atoms with Crippen LogP contribution in [0, 0.1) is 0 Å². The first-order valence-electron chi connectivity index (χ1n) is 6.66. The van der Waals surface area contributed by atoms with Crippen molar-refractivity contribution in [2.45, 2.75) is 44.1 Å². The largest absolute Gasteiger partial charge is 0.319 e. The highest BCUT2D eigenvalue weighted by atomic mass is 32.2. The Labute approximate surface area is 123 Å². The first kappa shape index (κ1) is 14.9. The van der Waals surface area contributed by atoms with Crippen molar-refractivity contribution in [2.75, 3.05) is 12.8 Å². The predicted molar refractivity (Wildman–Crippen MR) is 83.6 cm³/mol. The number of amides is 1. The number of hydrogen-bond acceptors (Lipinski definition) is 4. The number of carbonyl (C=O) groups is 1. The van der Waals surface area contributed by atoms with Crippen molar-refractivity contribution >= 4 is 29.0 Å². The van der Waals surface area contributed by atoms with Crippen LogP contribution in [0.3, 0.4) is 0 Å². The molecule has 0 radical (unpaired) electrons. The lowest BCUT2D eigenvalue weighted by molar-refractivity contribution is -0.132. The first-order chi connectivity index (χ1) is 9.01. The standard InChI is InChI=1S/C14H22N2OS2/c1-5-14(3)13(17)16(9-10(2)18-4)12(15-14)11-7-6-8-19-11/h6-8,10,12,15H,5,9H2,1-4H3. The van der Waals surface area contributed by atoms with E-state index in [2.05, 4.69) is 36.9 Å². The van der Waals surface area contributed by atoms with Gasteiger partial charge in [0, 0.05) is 16.7 Å². The molecule has 5 heteroatoms. The van der Waals surface area contributed by atoms with Crippen LogP contribution in [-0.4, -0.2) is 34.4 Å². The van der Waals surface area contributed by atoms with E-state index in [-0.39, 0.29) is 12.1 Å². The molecule has 0 saturated carbocycles. The third kappa shape index (κ3) is 2.83. The first-order valence-corrected chi connectivity index (χ1v) is 8.83. The third-order valence-corrected chi connectivity index (χ3v) is 5.75. The summed E-state index contributed by atoms with van der Waals surface area (Å²) in [7, 11) is 0. The molecule has 3 unspecified atom stereocenters. The van der Waals surface area contributed by atoms with E-state index in [0.717, 1.165) is 13.0 Å². The zero-order valence-corrected chi connectivity index (χ0v) is 13.6. The van der Waals surface area contributed by atoms with Gasteiger partial charge < -0.3 is 4.90 Å². The lowest BCUT2D eigenvalue weighted by Gasteiger charge is -2.25. The normalized spacial score (nSPS) is 28.9. The molecule has 2 heterocycles. The molecule has 19 heavy (non-hydrogen) atoms. The number of rotatable bonds is 5. The minimum Gasteiger partial charge on any atom is -0.319 e. The van der Waals surface area contributed by atoms with Gasteiger partial charge in [-0.05, 0) is 31.0 Å². The maximum absolute atomic E-state index is 12.7. The minimum absolute atomic E-state index is 0.0343. The molecule has 0 bridgehead atoms. The Kier molecular flexibility index (Phi) is 4.58. The van der Waals surface area contributed by atoms with Crippen molar-refractivity contribution < 1.29 is 4.79 Å². The second-order valence-electron chi connectivity index (χ2n) is 5.25. The second-order valence-corrected chi connectivity index (χ2v) is 7.51. The molecule has 2 rings (SSSR count). The molecule has 106 valence electrons. The van der Waals surface area contributed by atoms with E-state index in [4.69, 9.17) is 0 Å². The molecular weight excluding hydrogens is 276 g/mol. The Hall–Kier alpha value is -0.520. The topological polar surface area (TPSA) is 32.3 Å². The molecule has 1 aromatic rings. The molecule has 1 aliphatic heterocycles. The van der Waals surface area contributed by atoms with E-state index in [1.54, 1.807) is 23.1 Å². The van der Waals surface area contributed by atoms with Crippen LogP contribution in [0.25, 0.3) is 0 Å². The summed E-state index contributed by atoms with van der Waals surface area (Å²) in [6, 6.07) is 4.15. The van der Waals surface area contributed by atoms with Crippen molar-refractivity contribution in [2.24, 2.45) is 0 Å². The van der Waals surface area contributed by atoms with Gasteiger partial charge in [0.15, 0.2) is 0 Å². The Balaban J connectivity index is 2.26. The highest BCUT2D eigenvalue weighted by molar-refractivity contribution is 7.99. The predicted octanol–water partition coefficient (Wildman–Crippen LogP) is 3.10. The Bertz CT molecular complexity index is 435. The van der Waals surface area contributed by atoms with Crippen molar-refractivity contribution in [3.8, 4) is 0 Å². The summed E-state index contributed by atoms with van der Waals surface area (Å²) < 4.78 is 0. The van der Waals surface area contributed by atoms with Gasteiger partial charge in [-0.25, -0.2) is 0 Å². The van der Waals surface area contributed by atoms with Crippen molar-refractivity contribution in [1.82, 2.24) is 10.2 Å². The zero-order valence-electron chi connectivity index (χ0n) is 12.0. The van der Waals surface area contributed by atoms with Gasteiger partial charge in [0.05, 0.1) is 5.54 Å². The van der Waals surface area contributed by atoms with Crippen molar-refractivity contribution in [3.05, 3.63) is 22.4 Å². The van der Waals surface area contributed by atoms with Crippen LogP contribution in [0.2, 0.25) is 0 Å². The summed E-state index contributed by atoms with van der Waals surface area (Å²) >= 11 is 3.51. The van der Waals surface area contributed by atoms with E-state index < -0.39 is 5.54 Å². The second kappa shape index (κ2) is 5.85. The number of hydrogen-bond donors (Lipinski definition) is 1. The molecule has 3 atom stereocenters. The number of nitrogens with one attached hydrogen (secondary N) is 1. The van der Waals surface area contributed by atoms with Gasteiger partial charge in [-0.15, -0.1) is 11.3 Å². The maximum Gasteiger partial charge on any atom is 0.244 e. The third-order valence-electron chi connectivity index (χ3n) is 3.88. The average molecular weight is 298 g/mol. The zero-order chi connectivity index (χ0) is 14.0. The number of thioether (sulfide) groups is 1. The Morgan fingerprint density at radius 2 is 2.37 bits per heavy atom. The number of thiophene rings is 1.